The molecule has 0 bridgehead atoms. The minimum Gasteiger partial charge on any atom is -0.494 e. The van der Waals surface area contributed by atoms with E-state index in [1.165, 1.54) is 37.4 Å². The van der Waals surface area contributed by atoms with Gasteiger partial charge in [0.25, 0.3) is 5.56 Å². The van der Waals surface area contributed by atoms with Crippen molar-refractivity contribution in [2.45, 2.75) is 18.4 Å². The predicted molar refractivity (Wildman–Crippen MR) is 112 cm³/mol. The number of sulfonamides is 1. The molecule has 0 saturated heterocycles. The number of benzene rings is 2. The molecule has 3 aromatic rings. The molecule has 2 aromatic carbocycles. The minimum absolute atomic E-state index is 0.0900. The standard InChI is InChI=1S/C21H18N4O4S/c1-14-18(11-22)20(26)25-21(27)19(14)13-23-16-7-9-17(10-8-16)30(28,29)24-12-15-5-3-2-4-6-15/h2-10,13,24H,12H2,1H3,(H2,25,26,27). The molecule has 30 heavy (non-hydrogen) atoms. The number of pyridine rings is 1. The van der Waals surface area contributed by atoms with Gasteiger partial charge in [0, 0.05) is 12.8 Å². The van der Waals surface area contributed by atoms with Crippen LogP contribution in [0.5, 0.6) is 5.88 Å². The number of nitrogens with zero attached hydrogens (tertiary/aromatic N) is 2. The maximum Gasteiger partial charge on any atom is 0.268 e. The van der Waals surface area contributed by atoms with Gasteiger partial charge in [0.2, 0.25) is 15.9 Å². The second-order valence-electron chi connectivity index (χ2n) is 6.39. The summed E-state index contributed by atoms with van der Waals surface area (Å²) < 4.78 is 27.4. The van der Waals surface area contributed by atoms with E-state index in [0.717, 1.165) is 5.56 Å². The Hall–Kier alpha value is -3.74. The fourth-order valence-electron chi connectivity index (χ4n) is 2.72. The second-order valence-corrected chi connectivity index (χ2v) is 8.16. The molecule has 0 aliphatic carbocycles. The smallest absolute Gasteiger partial charge is 0.268 e. The highest BCUT2D eigenvalue weighted by Crippen LogP contribution is 2.20. The molecule has 9 heteroatoms. The Labute approximate surface area is 173 Å². The molecule has 0 radical (unpaired) electrons. The number of rotatable bonds is 6. The van der Waals surface area contributed by atoms with E-state index in [1.807, 2.05) is 30.3 Å². The predicted octanol–water partition coefficient (Wildman–Crippen LogP) is 2.49. The van der Waals surface area contributed by atoms with Gasteiger partial charge in [-0.15, -0.1) is 0 Å². The largest absolute Gasteiger partial charge is 0.494 e. The van der Waals surface area contributed by atoms with Gasteiger partial charge in [0.05, 0.1) is 16.1 Å². The van der Waals surface area contributed by atoms with Crippen LogP contribution in [0.2, 0.25) is 0 Å². The van der Waals surface area contributed by atoms with Gasteiger partial charge in [-0.2, -0.15) is 5.26 Å². The lowest BCUT2D eigenvalue weighted by molar-refractivity contribution is 0.450. The number of aromatic nitrogens is 1. The monoisotopic (exact) mass is 422 g/mol. The lowest BCUT2D eigenvalue weighted by Crippen LogP contribution is -2.23. The number of aromatic hydroxyl groups is 1. The van der Waals surface area contributed by atoms with E-state index in [2.05, 4.69) is 14.7 Å². The van der Waals surface area contributed by atoms with Crippen molar-refractivity contribution in [3.8, 4) is 11.9 Å². The summed E-state index contributed by atoms with van der Waals surface area (Å²) in [6.07, 6.45) is 1.30. The molecule has 1 heterocycles. The number of nitrogens with one attached hydrogen (secondary N) is 2. The maximum atomic E-state index is 12.4. The summed E-state index contributed by atoms with van der Waals surface area (Å²) in [7, 11) is -3.69. The highest BCUT2D eigenvalue weighted by Gasteiger charge is 2.14. The van der Waals surface area contributed by atoms with Gasteiger partial charge in [-0.25, -0.2) is 13.1 Å². The van der Waals surface area contributed by atoms with E-state index >= 15 is 0 Å². The van der Waals surface area contributed by atoms with Gasteiger partial charge in [0.15, 0.2) is 0 Å². The zero-order valence-corrected chi connectivity index (χ0v) is 16.8. The van der Waals surface area contributed by atoms with E-state index in [-0.39, 0.29) is 22.6 Å². The van der Waals surface area contributed by atoms with Gasteiger partial charge < -0.3 is 5.11 Å². The first-order valence-electron chi connectivity index (χ1n) is 8.85. The van der Waals surface area contributed by atoms with Gasteiger partial charge in [-0.3, -0.25) is 14.8 Å². The molecular weight excluding hydrogens is 404 g/mol. The van der Waals surface area contributed by atoms with Crippen LogP contribution in [-0.4, -0.2) is 24.7 Å². The van der Waals surface area contributed by atoms with E-state index in [1.54, 1.807) is 6.07 Å². The van der Waals surface area contributed by atoms with Crippen LogP contribution >= 0.6 is 0 Å². The molecule has 0 atom stereocenters. The fraction of sp³-hybridized carbons (Fsp3) is 0.0952. The Balaban J connectivity index is 1.78. The number of H-pyrrole nitrogens is 1. The molecule has 8 nitrogen and oxygen atoms in total. The summed E-state index contributed by atoms with van der Waals surface area (Å²) in [6.45, 7) is 1.71. The number of hydrogen-bond acceptors (Lipinski definition) is 6. The number of aliphatic imine (C=N–C) groups is 1. The van der Waals surface area contributed by atoms with Gasteiger partial charge in [0.1, 0.15) is 11.6 Å². The van der Waals surface area contributed by atoms with Crippen molar-refractivity contribution in [3.63, 3.8) is 0 Å². The first-order valence-corrected chi connectivity index (χ1v) is 10.3. The summed E-state index contributed by atoms with van der Waals surface area (Å²) in [5, 5.41) is 19.0. The zero-order valence-electron chi connectivity index (χ0n) is 16.0. The molecule has 0 aliphatic rings. The SMILES string of the molecule is Cc1c(C=Nc2ccc(S(=O)(=O)NCc3ccccc3)cc2)c(O)[nH]c(=O)c1C#N. The average Bonchev–Trinajstić information content (AvgIpc) is 2.73. The van der Waals surface area contributed by atoms with Gasteiger partial charge >= 0.3 is 0 Å². The second kappa shape index (κ2) is 8.73. The molecule has 3 rings (SSSR count). The Morgan fingerprint density at radius 1 is 1.17 bits per heavy atom. The molecular formula is C21H18N4O4S. The molecule has 0 spiro atoms. The Bertz CT molecular complexity index is 1290. The molecule has 0 fully saturated rings. The van der Waals surface area contributed by atoms with Crippen LogP contribution in [0, 0.1) is 18.3 Å². The summed E-state index contributed by atoms with van der Waals surface area (Å²) in [6, 6.07) is 16.8. The van der Waals surface area contributed by atoms with E-state index in [0.29, 0.717) is 11.3 Å². The molecule has 0 saturated carbocycles. The van der Waals surface area contributed by atoms with Crippen LogP contribution in [0.25, 0.3) is 0 Å². The van der Waals surface area contributed by atoms with Crippen molar-refractivity contribution in [2.24, 2.45) is 4.99 Å². The number of aromatic amines is 1. The molecule has 152 valence electrons. The molecule has 0 aliphatic heterocycles. The van der Waals surface area contributed by atoms with Crippen molar-refractivity contribution in [1.82, 2.24) is 9.71 Å². The summed E-state index contributed by atoms with van der Waals surface area (Å²) in [5.74, 6) is -0.399. The third-order valence-electron chi connectivity index (χ3n) is 4.40. The Kier molecular flexibility index (Phi) is 6.11. The highest BCUT2D eigenvalue weighted by molar-refractivity contribution is 7.89. The van der Waals surface area contributed by atoms with Crippen LogP contribution in [0.3, 0.4) is 0 Å². The van der Waals surface area contributed by atoms with Crippen LogP contribution in [0.15, 0.2) is 69.3 Å². The first kappa shape index (κ1) is 21.0. The molecule has 0 amide bonds. The average molecular weight is 422 g/mol. The highest BCUT2D eigenvalue weighted by atomic mass is 32.2. The number of hydrogen-bond donors (Lipinski definition) is 3. The molecule has 0 unspecified atom stereocenters. The molecule has 3 N–H and O–H groups in total. The summed E-state index contributed by atoms with van der Waals surface area (Å²) in [5.41, 5.74) is 0.984. The van der Waals surface area contributed by atoms with Crippen molar-refractivity contribution in [1.29, 1.82) is 5.26 Å². The van der Waals surface area contributed by atoms with Crippen LogP contribution in [0.4, 0.5) is 5.69 Å². The fourth-order valence-corrected chi connectivity index (χ4v) is 3.74. The minimum atomic E-state index is -3.69. The first-order chi connectivity index (χ1) is 14.3. The summed E-state index contributed by atoms with van der Waals surface area (Å²) >= 11 is 0. The lowest BCUT2D eigenvalue weighted by Gasteiger charge is -2.07. The number of nitriles is 1. The van der Waals surface area contributed by atoms with Crippen LogP contribution in [0.1, 0.15) is 22.3 Å². The normalized spacial score (nSPS) is 11.5. The van der Waals surface area contributed by atoms with E-state index in [9.17, 15) is 18.3 Å². The molecule has 1 aromatic heterocycles. The summed E-state index contributed by atoms with van der Waals surface area (Å²) in [4.78, 5) is 18.1. The van der Waals surface area contributed by atoms with Crippen molar-refractivity contribution < 1.29 is 13.5 Å². The van der Waals surface area contributed by atoms with Crippen molar-refractivity contribution in [2.75, 3.05) is 0 Å². The quantitative estimate of drug-likeness (QED) is 0.525. The topological polar surface area (TPSA) is 135 Å². The maximum absolute atomic E-state index is 12.4. The Morgan fingerprint density at radius 3 is 2.47 bits per heavy atom. The van der Waals surface area contributed by atoms with Gasteiger partial charge in [-0.1, -0.05) is 30.3 Å². The zero-order chi connectivity index (χ0) is 21.7. The third kappa shape index (κ3) is 4.63. The van der Waals surface area contributed by atoms with Crippen molar-refractivity contribution in [3.05, 3.63) is 87.2 Å². The van der Waals surface area contributed by atoms with Crippen LogP contribution < -0.4 is 10.3 Å². The van der Waals surface area contributed by atoms with E-state index in [4.69, 9.17) is 5.26 Å². The Morgan fingerprint density at radius 2 is 1.83 bits per heavy atom. The van der Waals surface area contributed by atoms with Crippen molar-refractivity contribution >= 4 is 21.9 Å². The van der Waals surface area contributed by atoms with Gasteiger partial charge in [-0.05, 0) is 42.3 Å². The van der Waals surface area contributed by atoms with E-state index < -0.39 is 21.5 Å². The third-order valence-corrected chi connectivity index (χ3v) is 5.82. The van der Waals surface area contributed by atoms with Crippen LogP contribution in [-0.2, 0) is 16.6 Å². The lowest BCUT2D eigenvalue weighted by atomic mass is 10.1.